The van der Waals surface area contributed by atoms with Gasteiger partial charge in [-0.1, -0.05) is 18.3 Å². The van der Waals surface area contributed by atoms with Crippen LogP contribution in [0.5, 0.6) is 0 Å². The third kappa shape index (κ3) is 5.84. The summed E-state index contributed by atoms with van der Waals surface area (Å²) in [6.45, 7) is 2.15. The van der Waals surface area contributed by atoms with Crippen molar-refractivity contribution in [3.63, 3.8) is 0 Å². The van der Waals surface area contributed by atoms with Crippen LogP contribution in [-0.2, 0) is 20.9 Å². The van der Waals surface area contributed by atoms with Crippen molar-refractivity contribution in [2.45, 2.75) is 6.92 Å². The highest BCUT2D eigenvalue weighted by atomic mass is 32.9. The lowest BCUT2D eigenvalue weighted by molar-refractivity contribution is 0.354. The Balaban J connectivity index is 3.52. The molecular formula is C6H15O2PS3. The van der Waals surface area contributed by atoms with Crippen LogP contribution >= 0.6 is 28.8 Å². The van der Waals surface area contributed by atoms with E-state index in [-0.39, 0.29) is 0 Å². The zero-order valence-corrected chi connectivity index (χ0v) is 11.0. The molecule has 6 heteroatoms. The first-order valence-corrected chi connectivity index (χ1v) is 9.00. The Morgan fingerprint density at radius 1 is 1.25 bits per heavy atom. The predicted molar refractivity (Wildman–Crippen MR) is 63.8 cm³/mol. The monoisotopic (exact) mass is 246 g/mol. The summed E-state index contributed by atoms with van der Waals surface area (Å²) in [5, 5.41) is 0. The Hall–Kier alpha value is 1.27. The topological polar surface area (TPSA) is 18.5 Å². The minimum Gasteiger partial charge on any atom is -0.325 e. The smallest absolute Gasteiger partial charge is 0.246 e. The zero-order chi connectivity index (χ0) is 9.45. The van der Waals surface area contributed by atoms with Crippen LogP contribution in [0.3, 0.4) is 0 Å². The van der Waals surface area contributed by atoms with Crippen LogP contribution in [0.25, 0.3) is 0 Å². The summed E-state index contributed by atoms with van der Waals surface area (Å²) in [5.74, 6) is 3.28. The van der Waals surface area contributed by atoms with E-state index >= 15 is 0 Å². The molecule has 0 aromatic carbocycles. The summed E-state index contributed by atoms with van der Waals surface area (Å²) in [6, 6.07) is 0. The third-order valence-electron chi connectivity index (χ3n) is 1.13. The van der Waals surface area contributed by atoms with Crippen molar-refractivity contribution in [3.8, 4) is 0 Å². The van der Waals surface area contributed by atoms with Crippen LogP contribution in [0.1, 0.15) is 6.92 Å². The fraction of sp³-hybridized carbons (Fsp3) is 1.00. The van der Waals surface area contributed by atoms with Gasteiger partial charge in [-0.05, 0) is 17.6 Å². The molecule has 0 aliphatic heterocycles. The highest BCUT2D eigenvalue weighted by Gasteiger charge is 2.14. The summed E-state index contributed by atoms with van der Waals surface area (Å²) in [7, 11) is 3.23. The first-order valence-electron chi connectivity index (χ1n) is 3.62. The molecule has 0 aromatic heterocycles. The third-order valence-corrected chi connectivity index (χ3v) is 8.12. The average Bonchev–Trinajstić information content (AvgIpc) is 2.12. The maximum absolute atomic E-state index is 5.17. The van der Waals surface area contributed by atoms with E-state index in [1.807, 2.05) is 11.8 Å². The van der Waals surface area contributed by atoms with E-state index in [1.165, 1.54) is 0 Å². The normalized spacial score (nSPS) is 11.9. The van der Waals surface area contributed by atoms with Crippen LogP contribution < -0.4 is 0 Å². The van der Waals surface area contributed by atoms with Gasteiger partial charge in [0.2, 0.25) is 5.69 Å². The molecule has 0 saturated carbocycles. The number of thioether (sulfide) groups is 1. The van der Waals surface area contributed by atoms with Gasteiger partial charge in [0.15, 0.2) is 0 Å². The summed E-state index contributed by atoms with van der Waals surface area (Å²) in [6.07, 6.45) is 0. The molecule has 0 aliphatic rings. The molecule has 12 heavy (non-hydrogen) atoms. The second kappa shape index (κ2) is 7.65. The first-order chi connectivity index (χ1) is 5.68. The quantitative estimate of drug-likeness (QED) is 0.506. The van der Waals surface area contributed by atoms with E-state index in [4.69, 9.17) is 20.9 Å². The molecule has 0 aliphatic carbocycles. The molecule has 0 atom stereocenters. The molecule has 0 fully saturated rings. The van der Waals surface area contributed by atoms with Crippen LogP contribution in [0.2, 0.25) is 0 Å². The van der Waals surface area contributed by atoms with Gasteiger partial charge in [-0.3, -0.25) is 0 Å². The molecule has 0 spiro atoms. The van der Waals surface area contributed by atoms with Crippen molar-refractivity contribution in [3.05, 3.63) is 0 Å². The van der Waals surface area contributed by atoms with Gasteiger partial charge in [-0.25, -0.2) is 0 Å². The minimum absolute atomic E-state index is 1.01. The van der Waals surface area contributed by atoms with Gasteiger partial charge in [0, 0.05) is 25.7 Å². The molecule has 0 amide bonds. The van der Waals surface area contributed by atoms with Crippen LogP contribution in [0, 0.1) is 0 Å². The van der Waals surface area contributed by atoms with Crippen LogP contribution in [-0.4, -0.2) is 31.5 Å². The number of rotatable bonds is 7. The molecule has 0 heterocycles. The predicted octanol–water partition coefficient (Wildman–Crippen LogP) is 2.99. The van der Waals surface area contributed by atoms with Crippen molar-refractivity contribution in [2.75, 3.05) is 31.5 Å². The van der Waals surface area contributed by atoms with E-state index in [9.17, 15) is 0 Å². The molecular weight excluding hydrogens is 231 g/mol. The standard InChI is InChI=1S/C6H15O2PS3/c1-4-11-5-6-12-9(10,7-2)8-3/h4-6H2,1-3H3. The largest absolute Gasteiger partial charge is 0.325 e. The van der Waals surface area contributed by atoms with Gasteiger partial charge in [-0.15, -0.1) is 0 Å². The molecule has 0 unspecified atom stereocenters. The van der Waals surface area contributed by atoms with Gasteiger partial charge in [0.1, 0.15) is 0 Å². The lowest BCUT2D eigenvalue weighted by Crippen LogP contribution is -1.88. The maximum atomic E-state index is 5.17. The Bertz CT molecular complexity index is 146. The summed E-state index contributed by atoms with van der Waals surface area (Å²) >= 11 is 8.71. The average molecular weight is 246 g/mol. The lowest BCUT2D eigenvalue weighted by atomic mass is 10.9. The minimum atomic E-state index is -1.98. The van der Waals surface area contributed by atoms with Crippen LogP contribution in [0.15, 0.2) is 0 Å². The van der Waals surface area contributed by atoms with E-state index in [0.29, 0.717) is 0 Å². The van der Waals surface area contributed by atoms with Crippen molar-refractivity contribution in [1.82, 2.24) is 0 Å². The molecule has 0 N–H and O–H groups in total. The van der Waals surface area contributed by atoms with Crippen LogP contribution in [0.4, 0.5) is 0 Å². The van der Waals surface area contributed by atoms with Crippen molar-refractivity contribution < 1.29 is 9.05 Å². The molecule has 0 saturated heterocycles. The Kier molecular flexibility index (Phi) is 8.46. The van der Waals surface area contributed by atoms with Gasteiger partial charge < -0.3 is 9.05 Å². The molecule has 0 rings (SSSR count). The lowest BCUT2D eigenvalue weighted by Gasteiger charge is -2.15. The fourth-order valence-electron chi connectivity index (χ4n) is 0.532. The summed E-state index contributed by atoms with van der Waals surface area (Å²) in [5.41, 5.74) is -1.98. The second-order valence-corrected chi connectivity index (χ2v) is 9.88. The molecule has 74 valence electrons. The van der Waals surface area contributed by atoms with E-state index < -0.39 is 5.69 Å². The molecule has 0 radical (unpaired) electrons. The van der Waals surface area contributed by atoms with Gasteiger partial charge in [0.25, 0.3) is 0 Å². The molecule has 0 aromatic rings. The summed E-state index contributed by atoms with van der Waals surface area (Å²) in [4.78, 5) is 0. The van der Waals surface area contributed by atoms with E-state index in [0.717, 1.165) is 17.3 Å². The molecule has 0 bridgehead atoms. The van der Waals surface area contributed by atoms with Crippen molar-refractivity contribution >= 4 is 40.6 Å². The SMILES string of the molecule is CCSCCSP(=S)(OC)OC. The van der Waals surface area contributed by atoms with Crippen molar-refractivity contribution in [2.24, 2.45) is 0 Å². The second-order valence-electron chi connectivity index (χ2n) is 1.84. The highest BCUT2D eigenvalue weighted by Crippen LogP contribution is 2.59. The Labute approximate surface area is 88.1 Å². The van der Waals surface area contributed by atoms with Crippen molar-refractivity contribution in [1.29, 1.82) is 0 Å². The van der Waals surface area contributed by atoms with Gasteiger partial charge >= 0.3 is 0 Å². The molecule has 2 nitrogen and oxygen atoms in total. The van der Waals surface area contributed by atoms with Gasteiger partial charge in [0.05, 0.1) is 0 Å². The number of hydrogen-bond donors (Lipinski definition) is 0. The van der Waals surface area contributed by atoms with E-state index in [1.54, 1.807) is 25.6 Å². The zero-order valence-electron chi connectivity index (χ0n) is 7.61. The highest BCUT2D eigenvalue weighted by molar-refractivity contribution is 8.67. The first kappa shape index (κ1) is 13.3. The van der Waals surface area contributed by atoms with E-state index in [2.05, 4.69) is 6.92 Å². The Morgan fingerprint density at radius 2 is 1.83 bits per heavy atom. The Morgan fingerprint density at radius 3 is 2.25 bits per heavy atom. The maximum Gasteiger partial charge on any atom is 0.246 e. The fourth-order valence-corrected chi connectivity index (χ4v) is 4.82. The summed E-state index contributed by atoms with van der Waals surface area (Å²) < 4.78 is 10.2. The van der Waals surface area contributed by atoms with Gasteiger partial charge in [-0.2, -0.15) is 11.8 Å². The number of hydrogen-bond acceptors (Lipinski definition) is 5.